The number of halogens is 2. The summed E-state index contributed by atoms with van der Waals surface area (Å²) in [5, 5.41) is 17.1. The quantitative estimate of drug-likeness (QED) is 0.0867. The molecule has 5 aromatic carbocycles. The van der Waals surface area contributed by atoms with E-state index in [4.69, 9.17) is 9.47 Å². The van der Waals surface area contributed by atoms with Crippen LogP contribution in [0, 0.1) is 5.92 Å². The average Bonchev–Trinajstić information content (AvgIpc) is 3.23. The molecule has 2 N–H and O–H groups in total. The van der Waals surface area contributed by atoms with Crippen molar-refractivity contribution < 1.29 is 42.5 Å². The lowest BCUT2D eigenvalue weighted by Crippen LogP contribution is -2.60. The highest BCUT2D eigenvalue weighted by Gasteiger charge is 2.51. The lowest BCUT2D eigenvalue weighted by atomic mass is 9.95. The molecule has 0 bridgehead atoms. The molecule has 302 valence electrons. The second-order valence-electron chi connectivity index (χ2n) is 14.1. The van der Waals surface area contributed by atoms with Crippen LogP contribution in [0.15, 0.2) is 146 Å². The molecule has 0 unspecified atom stereocenters. The van der Waals surface area contributed by atoms with Crippen LogP contribution in [-0.2, 0) is 45.3 Å². The summed E-state index contributed by atoms with van der Waals surface area (Å²) in [4.78, 5) is 54.7. The first-order chi connectivity index (χ1) is 27.9. The van der Waals surface area contributed by atoms with E-state index in [-0.39, 0.29) is 26.4 Å². The standard InChI is InChI=1S/C46H47F2N3O7/c1-32(2)41(51(45(55)56)28-34-15-7-3-8-16-34)43(53)49-39(27-33-23-25-38(26-24-33)58-30-36-19-11-5-12-20-36)42(52)46(47,48)44(54)50-40(37-21-13-6-14-22-37)31-57-29-35-17-9-4-10-18-35/h3-26,32,39-41H,27-31H2,1-2H3,(H,49,53)(H,50,54)(H,55,56)/p-1/t39-,40-,41-/m0/s1. The Hall–Kier alpha value is -6.40. The predicted octanol–water partition coefficient (Wildman–Crippen LogP) is 6.44. The summed E-state index contributed by atoms with van der Waals surface area (Å²) in [5.74, 6) is -9.64. The number of carboxylic acid groups (broad SMARTS) is 1. The van der Waals surface area contributed by atoms with Gasteiger partial charge < -0.3 is 34.9 Å². The number of ether oxygens (including phenoxy) is 2. The zero-order chi connectivity index (χ0) is 41.5. The summed E-state index contributed by atoms with van der Waals surface area (Å²) in [5.41, 5.74) is 3.13. The van der Waals surface area contributed by atoms with Crippen LogP contribution in [0.25, 0.3) is 0 Å². The van der Waals surface area contributed by atoms with Gasteiger partial charge in [0.05, 0.1) is 25.3 Å². The van der Waals surface area contributed by atoms with Gasteiger partial charge >= 0.3 is 5.92 Å². The number of carbonyl (C=O) groups excluding carboxylic acids is 4. The maximum Gasteiger partial charge on any atom is 0.383 e. The van der Waals surface area contributed by atoms with Crippen molar-refractivity contribution >= 4 is 23.7 Å². The summed E-state index contributed by atoms with van der Waals surface area (Å²) < 4.78 is 44.1. The molecule has 3 amide bonds. The Morgan fingerprint density at radius 3 is 1.72 bits per heavy atom. The van der Waals surface area contributed by atoms with Gasteiger partial charge in [-0.2, -0.15) is 8.78 Å². The first kappa shape index (κ1) is 42.7. The van der Waals surface area contributed by atoms with Gasteiger partial charge in [0.1, 0.15) is 24.5 Å². The fourth-order valence-electron chi connectivity index (χ4n) is 6.38. The largest absolute Gasteiger partial charge is 0.530 e. The van der Waals surface area contributed by atoms with Gasteiger partial charge in [-0.15, -0.1) is 0 Å². The zero-order valence-electron chi connectivity index (χ0n) is 32.3. The Morgan fingerprint density at radius 2 is 1.19 bits per heavy atom. The van der Waals surface area contributed by atoms with Crippen molar-refractivity contribution in [3.63, 3.8) is 0 Å². The molecule has 0 heterocycles. The number of hydrogen-bond donors (Lipinski definition) is 2. The predicted molar refractivity (Wildman–Crippen MR) is 212 cm³/mol. The molecule has 10 nitrogen and oxygen atoms in total. The molecule has 0 aromatic heterocycles. The number of alkyl halides is 2. The minimum Gasteiger partial charge on any atom is -0.530 e. The van der Waals surface area contributed by atoms with E-state index in [1.807, 2.05) is 60.7 Å². The zero-order valence-corrected chi connectivity index (χ0v) is 32.3. The molecule has 0 spiro atoms. The van der Waals surface area contributed by atoms with Gasteiger partial charge in [0.2, 0.25) is 11.7 Å². The third kappa shape index (κ3) is 12.1. The highest BCUT2D eigenvalue weighted by molar-refractivity contribution is 6.10. The van der Waals surface area contributed by atoms with Crippen molar-refractivity contribution in [2.45, 2.75) is 64.1 Å². The van der Waals surface area contributed by atoms with Crippen LogP contribution in [0.4, 0.5) is 13.6 Å². The number of nitrogens with zero attached hydrogens (tertiary/aromatic N) is 1. The van der Waals surface area contributed by atoms with Gasteiger partial charge in [-0.05, 0) is 45.9 Å². The van der Waals surface area contributed by atoms with Crippen LogP contribution in [0.5, 0.6) is 5.75 Å². The van der Waals surface area contributed by atoms with Crippen molar-refractivity contribution in [2.24, 2.45) is 5.92 Å². The topological polar surface area (TPSA) is 137 Å². The molecule has 3 atom stereocenters. The molecule has 0 saturated carbocycles. The van der Waals surface area contributed by atoms with Gasteiger partial charge in [0, 0.05) is 13.0 Å². The molecule has 12 heteroatoms. The number of amides is 3. The number of nitrogens with one attached hydrogen (secondary N) is 2. The third-order valence-corrected chi connectivity index (χ3v) is 9.41. The van der Waals surface area contributed by atoms with E-state index in [0.29, 0.717) is 22.4 Å². The Labute approximate surface area is 336 Å². The van der Waals surface area contributed by atoms with Crippen LogP contribution < -0.4 is 20.5 Å². The van der Waals surface area contributed by atoms with Crippen LogP contribution >= 0.6 is 0 Å². The number of benzene rings is 5. The van der Waals surface area contributed by atoms with Crippen molar-refractivity contribution in [1.82, 2.24) is 15.5 Å². The second-order valence-corrected chi connectivity index (χ2v) is 14.1. The average molecular weight is 791 g/mol. The van der Waals surface area contributed by atoms with E-state index in [0.717, 1.165) is 16.0 Å². The van der Waals surface area contributed by atoms with Gasteiger partial charge in [0.25, 0.3) is 5.91 Å². The lowest BCUT2D eigenvalue weighted by molar-refractivity contribution is -0.269. The van der Waals surface area contributed by atoms with E-state index in [2.05, 4.69) is 10.6 Å². The lowest BCUT2D eigenvalue weighted by Gasteiger charge is -2.36. The summed E-state index contributed by atoms with van der Waals surface area (Å²) >= 11 is 0. The third-order valence-electron chi connectivity index (χ3n) is 9.41. The summed E-state index contributed by atoms with van der Waals surface area (Å²) in [6, 6.07) is 37.3. The van der Waals surface area contributed by atoms with E-state index in [1.165, 1.54) is 0 Å². The van der Waals surface area contributed by atoms with Gasteiger partial charge in [-0.1, -0.05) is 147 Å². The van der Waals surface area contributed by atoms with Crippen molar-refractivity contribution in [3.05, 3.63) is 173 Å². The van der Waals surface area contributed by atoms with E-state index >= 15 is 8.78 Å². The summed E-state index contributed by atoms with van der Waals surface area (Å²) in [6.45, 7) is 3.15. The molecular formula is C46H46F2N3O7-. The molecule has 5 aromatic rings. The molecule has 58 heavy (non-hydrogen) atoms. The smallest absolute Gasteiger partial charge is 0.383 e. The van der Waals surface area contributed by atoms with Gasteiger partial charge in [-0.25, -0.2) is 0 Å². The maximum atomic E-state index is 16.2. The number of hydrogen-bond acceptors (Lipinski definition) is 7. The monoisotopic (exact) mass is 790 g/mol. The van der Waals surface area contributed by atoms with Crippen LogP contribution in [0.1, 0.15) is 47.7 Å². The molecule has 0 fully saturated rings. The van der Waals surface area contributed by atoms with E-state index in [1.54, 1.807) is 98.8 Å². The number of Topliss-reactive ketones (excluding diaryl/α,β-unsaturated/α-hetero) is 1. The highest BCUT2D eigenvalue weighted by Crippen LogP contribution is 2.25. The van der Waals surface area contributed by atoms with Crippen LogP contribution in [-0.4, -0.2) is 53.2 Å². The Morgan fingerprint density at radius 1 is 0.672 bits per heavy atom. The Bertz CT molecular complexity index is 2070. The first-order valence-corrected chi connectivity index (χ1v) is 18.9. The summed E-state index contributed by atoms with van der Waals surface area (Å²) in [7, 11) is 0. The molecule has 0 radical (unpaired) electrons. The molecule has 0 aliphatic heterocycles. The fourth-order valence-corrected chi connectivity index (χ4v) is 6.38. The van der Waals surface area contributed by atoms with E-state index in [9.17, 15) is 24.3 Å². The van der Waals surface area contributed by atoms with E-state index < -0.39 is 60.1 Å². The van der Waals surface area contributed by atoms with Crippen molar-refractivity contribution in [3.8, 4) is 5.75 Å². The minimum absolute atomic E-state index is 0.143. The first-order valence-electron chi connectivity index (χ1n) is 18.9. The Balaban J connectivity index is 1.39. The second kappa shape index (κ2) is 20.7. The molecule has 5 rings (SSSR count). The number of carbonyl (C=O) groups is 4. The molecule has 0 aliphatic rings. The Kier molecular flexibility index (Phi) is 15.2. The molecule has 0 aliphatic carbocycles. The van der Waals surface area contributed by atoms with Crippen molar-refractivity contribution in [1.29, 1.82) is 0 Å². The SMILES string of the molecule is CC(C)[C@@H](C(=O)N[C@@H](Cc1ccc(OCc2ccccc2)cc1)C(=O)C(F)(F)C(=O)N[C@@H](COCc1ccccc1)c1ccccc1)N(Cc1ccccc1)C(=O)[O-]. The number of ketones is 1. The molecule has 0 saturated heterocycles. The molecular weight excluding hydrogens is 745 g/mol. The van der Waals surface area contributed by atoms with Crippen LogP contribution in [0.3, 0.4) is 0 Å². The van der Waals surface area contributed by atoms with Gasteiger partial charge in [0.15, 0.2) is 0 Å². The fraction of sp³-hybridized carbons (Fsp3) is 0.261. The normalized spacial score (nSPS) is 12.8. The van der Waals surface area contributed by atoms with Crippen molar-refractivity contribution in [2.75, 3.05) is 6.61 Å². The summed E-state index contributed by atoms with van der Waals surface area (Å²) in [6.07, 6.45) is -2.12. The highest BCUT2D eigenvalue weighted by atomic mass is 19.3. The maximum absolute atomic E-state index is 16.2. The number of rotatable bonds is 20. The van der Waals surface area contributed by atoms with Gasteiger partial charge in [-0.3, -0.25) is 14.4 Å². The minimum atomic E-state index is -4.64. The van der Waals surface area contributed by atoms with Crippen LogP contribution in [0.2, 0.25) is 0 Å².